The van der Waals surface area contributed by atoms with Gasteiger partial charge in [-0.25, -0.2) is 10.2 Å². The highest BCUT2D eigenvalue weighted by atomic mass is 127. The molecule has 80 valence electrons. The third-order valence-electron chi connectivity index (χ3n) is 1.51. The first-order valence-electron chi connectivity index (χ1n) is 4.43. The van der Waals surface area contributed by atoms with Crippen molar-refractivity contribution in [1.29, 1.82) is 0 Å². The molecule has 4 nitrogen and oxygen atoms in total. The molecule has 1 N–H and O–H groups in total. The second-order valence-corrected chi connectivity index (χ2v) is 3.89. The van der Waals surface area contributed by atoms with Gasteiger partial charge in [-0.05, 0) is 47.2 Å². The first kappa shape index (κ1) is 12.0. The van der Waals surface area contributed by atoms with Gasteiger partial charge in [-0.1, -0.05) is 12.1 Å². The van der Waals surface area contributed by atoms with Crippen LogP contribution in [0.5, 0.6) is 0 Å². The van der Waals surface area contributed by atoms with Crippen LogP contribution in [-0.2, 0) is 4.74 Å². The Balaban J connectivity index is 2.44. The third-order valence-corrected chi connectivity index (χ3v) is 2.23. The summed E-state index contributed by atoms with van der Waals surface area (Å²) in [5.74, 6) is 0. The molecule has 0 saturated heterocycles. The maximum atomic E-state index is 10.8. The highest BCUT2D eigenvalue weighted by Crippen LogP contribution is 2.04. The van der Waals surface area contributed by atoms with Gasteiger partial charge in [0.2, 0.25) is 0 Å². The Morgan fingerprint density at radius 1 is 1.53 bits per heavy atom. The molecular weight excluding hydrogens is 307 g/mol. The molecule has 0 radical (unpaired) electrons. The summed E-state index contributed by atoms with van der Waals surface area (Å²) in [5.41, 5.74) is 3.18. The summed E-state index contributed by atoms with van der Waals surface area (Å²) >= 11 is 2.22. The monoisotopic (exact) mass is 318 g/mol. The lowest BCUT2D eigenvalue weighted by Gasteiger charge is -1.98. The minimum atomic E-state index is -0.542. The Hall–Kier alpha value is -1.11. The molecule has 0 saturated carbocycles. The van der Waals surface area contributed by atoms with E-state index in [1.807, 2.05) is 24.3 Å². The Morgan fingerprint density at radius 3 is 2.80 bits per heavy atom. The highest BCUT2D eigenvalue weighted by Gasteiger charge is 1.95. The zero-order valence-electron chi connectivity index (χ0n) is 8.24. The Kier molecular flexibility index (Phi) is 5.09. The van der Waals surface area contributed by atoms with Crippen molar-refractivity contribution in [2.24, 2.45) is 5.10 Å². The zero-order chi connectivity index (χ0) is 11.1. The fourth-order valence-electron chi connectivity index (χ4n) is 0.872. The maximum Gasteiger partial charge on any atom is 0.427 e. The number of nitrogens with one attached hydrogen (secondary N) is 1. The van der Waals surface area contributed by atoms with Crippen molar-refractivity contribution in [3.05, 3.63) is 33.4 Å². The van der Waals surface area contributed by atoms with E-state index >= 15 is 0 Å². The van der Waals surface area contributed by atoms with Gasteiger partial charge in [0.15, 0.2) is 0 Å². The molecular formula is C10H11IN2O2. The van der Waals surface area contributed by atoms with Crippen LogP contribution in [-0.4, -0.2) is 18.9 Å². The second-order valence-electron chi connectivity index (χ2n) is 2.64. The summed E-state index contributed by atoms with van der Waals surface area (Å²) < 4.78 is 5.79. The van der Waals surface area contributed by atoms with Gasteiger partial charge in [-0.15, -0.1) is 0 Å². The summed E-state index contributed by atoms with van der Waals surface area (Å²) in [4.78, 5) is 10.8. The van der Waals surface area contributed by atoms with Gasteiger partial charge in [0.1, 0.15) is 0 Å². The topological polar surface area (TPSA) is 50.7 Å². The summed E-state index contributed by atoms with van der Waals surface area (Å²) in [5, 5.41) is 3.74. The number of nitrogens with zero attached hydrogens (tertiary/aromatic N) is 1. The van der Waals surface area contributed by atoms with E-state index in [1.165, 1.54) is 0 Å². The Morgan fingerprint density at radius 2 is 2.20 bits per heavy atom. The van der Waals surface area contributed by atoms with E-state index in [1.54, 1.807) is 13.1 Å². The Bertz CT molecular complexity index is 349. The summed E-state index contributed by atoms with van der Waals surface area (Å²) in [7, 11) is 0. The van der Waals surface area contributed by atoms with Crippen molar-refractivity contribution in [2.45, 2.75) is 6.92 Å². The van der Waals surface area contributed by atoms with Crippen LogP contribution < -0.4 is 5.43 Å². The molecule has 0 fully saturated rings. The number of amides is 1. The third kappa shape index (κ3) is 4.78. The van der Waals surface area contributed by atoms with Crippen LogP contribution in [0, 0.1) is 3.57 Å². The van der Waals surface area contributed by atoms with Crippen LogP contribution in [0.1, 0.15) is 12.5 Å². The molecule has 0 aliphatic rings. The highest BCUT2D eigenvalue weighted by molar-refractivity contribution is 14.1. The fraction of sp³-hybridized carbons (Fsp3) is 0.200. The number of carbonyl (C=O) groups excluding carboxylic acids is 1. The molecule has 0 aliphatic carbocycles. The van der Waals surface area contributed by atoms with Crippen LogP contribution >= 0.6 is 22.6 Å². The summed E-state index contributed by atoms with van der Waals surface area (Å²) in [6.07, 6.45) is 1.02. The van der Waals surface area contributed by atoms with Crippen molar-refractivity contribution >= 4 is 34.9 Å². The number of benzene rings is 1. The predicted octanol–water partition coefficient (Wildman–Crippen LogP) is 2.37. The number of halogens is 1. The van der Waals surface area contributed by atoms with E-state index in [9.17, 15) is 4.79 Å². The van der Waals surface area contributed by atoms with E-state index in [4.69, 9.17) is 0 Å². The van der Waals surface area contributed by atoms with Crippen molar-refractivity contribution in [1.82, 2.24) is 5.43 Å². The van der Waals surface area contributed by atoms with Crippen LogP contribution in [0.2, 0.25) is 0 Å². The lowest BCUT2D eigenvalue weighted by atomic mass is 10.2. The lowest BCUT2D eigenvalue weighted by molar-refractivity contribution is 0.152. The van der Waals surface area contributed by atoms with Crippen molar-refractivity contribution in [3.63, 3.8) is 0 Å². The first-order valence-corrected chi connectivity index (χ1v) is 5.51. The molecule has 5 heteroatoms. The number of hydrazone groups is 1. The number of carbonyl (C=O) groups is 1. The van der Waals surface area contributed by atoms with E-state index in [0.717, 1.165) is 9.13 Å². The number of rotatable bonds is 3. The first-order chi connectivity index (χ1) is 7.22. The van der Waals surface area contributed by atoms with Crippen LogP contribution in [0.3, 0.4) is 0 Å². The van der Waals surface area contributed by atoms with Gasteiger partial charge in [0, 0.05) is 3.57 Å². The molecule has 1 aromatic rings. The van der Waals surface area contributed by atoms with E-state index < -0.39 is 6.09 Å². The molecule has 1 amide bonds. The standard InChI is InChI=1S/C10H11IN2O2/c1-2-15-10(14)13-12-7-8-3-5-9(11)6-4-8/h3-7H,2H2,1H3,(H,13,14)/b12-7-. The number of hydrogen-bond donors (Lipinski definition) is 1. The van der Waals surface area contributed by atoms with E-state index in [2.05, 4.69) is 37.9 Å². The molecule has 0 unspecified atom stereocenters. The van der Waals surface area contributed by atoms with Gasteiger partial charge in [0.05, 0.1) is 12.8 Å². The molecule has 0 heterocycles. The minimum Gasteiger partial charge on any atom is -0.449 e. The Labute approximate surface area is 102 Å². The van der Waals surface area contributed by atoms with Crippen LogP contribution in [0.25, 0.3) is 0 Å². The molecule has 1 aromatic carbocycles. The van der Waals surface area contributed by atoms with Crippen LogP contribution in [0.15, 0.2) is 29.4 Å². The molecule has 0 aromatic heterocycles. The molecule has 0 bridgehead atoms. The van der Waals surface area contributed by atoms with Gasteiger partial charge >= 0.3 is 6.09 Å². The summed E-state index contributed by atoms with van der Waals surface area (Å²) in [6.45, 7) is 2.08. The largest absolute Gasteiger partial charge is 0.449 e. The quantitative estimate of drug-likeness (QED) is 0.528. The van der Waals surface area contributed by atoms with Crippen molar-refractivity contribution in [3.8, 4) is 0 Å². The molecule has 1 rings (SSSR count). The zero-order valence-corrected chi connectivity index (χ0v) is 10.4. The predicted molar refractivity (Wildman–Crippen MR) is 66.9 cm³/mol. The number of hydrogen-bond acceptors (Lipinski definition) is 3. The van der Waals surface area contributed by atoms with Gasteiger partial charge in [-0.3, -0.25) is 0 Å². The number of ether oxygens (including phenoxy) is 1. The van der Waals surface area contributed by atoms with Crippen molar-refractivity contribution < 1.29 is 9.53 Å². The van der Waals surface area contributed by atoms with Gasteiger partial charge < -0.3 is 4.74 Å². The lowest BCUT2D eigenvalue weighted by Crippen LogP contribution is -2.18. The normalized spacial score (nSPS) is 10.3. The fourth-order valence-corrected chi connectivity index (χ4v) is 1.23. The van der Waals surface area contributed by atoms with Gasteiger partial charge in [0.25, 0.3) is 0 Å². The molecule has 0 atom stereocenters. The van der Waals surface area contributed by atoms with Crippen molar-refractivity contribution in [2.75, 3.05) is 6.61 Å². The maximum absolute atomic E-state index is 10.8. The second kappa shape index (κ2) is 6.39. The van der Waals surface area contributed by atoms with E-state index in [-0.39, 0.29) is 0 Å². The van der Waals surface area contributed by atoms with Crippen LogP contribution in [0.4, 0.5) is 4.79 Å². The smallest absolute Gasteiger partial charge is 0.427 e. The molecule has 15 heavy (non-hydrogen) atoms. The SMILES string of the molecule is CCOC(=O)N/N=C\c1ccc(I)cc1. The van der Waals surface area contributed by atoms with E-state index in [0.29, 0.717) is 6.61 Å². The summed E-state index contributed by atoms with van der Waals surface area (Å²) in [6, 6.07) is 7.76. The minimum absolute atomic E-state index is 0.338. The average molecular weight is 318 g/mol. The molecule has 0 spiro atoms. The van der Waals surface area contributed by atoms with Gasteiger partial charge in [-0.2, -0.15) is 5.10 Å². The molecule has 0 aliphatic heterocycles. The average Bonchev–Trinajstić information content (AvgIpc) is 2.21.